The van der Waals surface area contributed by atoms with Crippen LogP contribution in [0.3, 0.4) is 0 Å². The second-order valence-corrected chi connectivity index (χ2v) is 8.15. The zero-order chi connectivity index (χ0) is 19.8. The van der Waals surface area contributed by atoms with E-state index in [0.29, 0.717) is 16.5 Å². The highest BCUT2D eigenvalue weighted by molar-refractivity contribution is 7.15. The maximum atomic E-state index is 12.3. The zero-order valence-electron chi connectivity index (χ0n) is 16.3. The van der Waals surface area contributed by atoms with Crippen LogP contribution in [0.1, 0.15) is 68.8 Å². The first-order chi connectivity index (χ1) is 12.9. The van der Waals surface area contributed by atoms with Crippen LogP contribution in [0.15, 0.2) is 5.38 Å². The molecule has 1 aromatic rings. The monoisotopic (exact) mass is 395 g/mol. The number of rotatable bonds is 8. The Morgan fingerprint density at radius 3 is 2.52 bits per heavy atom. The Hall–Kier alpha value is -1.89. The molecule has 1 N–H and O–H groups in total. The Labute approximate surface area is 164 Å². The fourth-order valence-electron chi connectivity index (χ4n) is 3.26. The van der Waals surface area contributed by atoms with E-state index in [9.17, 15) is 14.4 Å². The van der Waals surface area contributed by atoms with Crippen molar-refractivity contribution in [2.75, 3.05) is 18.5 Å². The second kappa shape index (κ2) is 10.4. The van der Waals surface area contributed by atoms with Gasteiger partial charge in [0, 0.05) is 0 Å². The van der Waals surface area contributed by atoms with Crippen LogP contribution in [0.2, 0.25) is 0 Å². The largest absolute Gasteiger partial charge is 0.462 e. The van der Waals surface area contributed by atoms with Crippen molar-refractivity contribution in [3.05, 3.63) is 16.5 Å². The van der Waals surface area contributed by atoms with Gasteiger partial charge in [-0.15, -0.1) is 11.3 Å². The molecule has 27 heavy (non-hydrogen) atoms. The normalized spacial score (nSPS) is 14.8. The van der Waals surface area contributed by atoms with Crippen molar-refractivity contribution in [3.63, 3.8) is 0 Å². The van der Waals surface area contributed by atoms with E-state index in [1.807, 2.05) is 5.38 Å². The minimum Gasteiger partial charge on any atom is -0.462 e. The van der Waals surface area contributed by atoms with Crippen LogP contribution >= 0.6 is 11.3 Å². The third-order valence-electron chi connectivity index (χ3n) is 4.51. The van der Waals surface area contributed by atoms with E-state index in [1.54, 1.807) is 6.92 Å². The Balaban J connectivity index is 1.98. The maximum absolute atomic E-state index is 12.3. The van der Waals surface area contributed by atoms with E-state index in [-0.39, 0.29) is 25.1 Å². The number of thiophene rings is 1. The Morgan fingerprint density at radius 1 is 1.19 bits per heavy atom. The summed E-state index contributed by atoms with van der Waals surface area (Å²) in [5.74, 6) is -0.914. The molecule has 0 bridgehead atoms. The molecule has 0 spiro atoms. The molecule has 1 fully saturated rings. The van der Waals surface area contributed by atoms with Gasteiger partial charge in [0.1, 0.15) is 5.00 Å². The standard InChI is InChI=1S/C20H29NO5S/c1-4-25-20(24)17-15(10-13(2)3)12-27-18(17)21-16(22)11-26-19(23)14-8-6-5-7-9-14/h12-14H,4-11H2,1-3H3,(H,21,22). The van der Waals surface area contributed by atoms with Crippen molar-refractivity contribution < 1.29 is 23.9 Å². The molecule has 0 saturated heterocycles. The van der Waals surface area contributed by atoms with E-state index in [4.69, 9.17) is 9.47 Å². The highest BCUT2D eigenvalue weighted by Gasteiger charge is 2.25. The summed E-state index contributed by atoms with van der Waals surface area (Å²) >= 11 is 1.29. The summed E-state index contributed by atoms with van der Waals surface area (Å²) in [6.45, 7) is 5.80. The molecule has 1 aromatic heterocycles. The Morgan fingerprint density at radius 2 is 1.89 bits per heavy atom. The number of anilines is 1. The zero-order valence-corrected chi connectivity index (χ0v) is 17.2. The molecular formula is C20H29NO5S. The first kappa shape index (κ1) is 21.4. The lowest BCUT2D eigenvalue weighted by molar-refractivity contribution is -0.152. The highest BCUT2D eigenvalue weighted by Crippen LogP contribution is 2.31. The van der Waals surface area contributed by atoms with Crippen molar-refractivity contribution in [3.8, 4) is 0 Å². The van der Waals surface area contributed by atoms with Gasteiger partial charge in [0.05, 0.1) is 18.1 Å². The van der Waals surface area contributed by atoms with Crippen LogP contribution in [0, 0.1) is 11.8 Å². The fourth-order valence-corrected chi connectivity index (χ4v) is 4.24. The molecule has 150 valence electrons. The second-order valence-electron chi connectivity index (χ2n) is 7.27. The van der Waals surface area contributed by atoms with Gasteiger partial charge in [-0.05, 0) is 43.0 Å². The molecule has 7 heteroatoms. The number of nitrogens with one attached hydrogen (secondary N) is 1. The third-order valence-corrected chi connectivity index (χ3v) is 5.46. The first-order valence-electron chi connectivity index (χ1n) is 9.66. The van der Waals surface area contributed by atoms with E-state index in [2.05, 4.69) is 19.2 Å². The highest BCUT2D eigenvalue weighted by atomic mass is 32.1. The fraction of sp³-hybridized carbons (Fsp3) is 0.650. The van der Waals surface area contributed by atoms with Crippen molar-refractivity contribution in [2.24, 2.45) is 11.8 Å². The molecule has 6 nitrogen and oxygen atoms in total. The lowest BCUT2D eigenvalue weighted by atomic mass is 9.89. The van der Waals surface area contributed by atoms with Crippen molar-refractivity contribution in [1.29, 1.82) is 0 Å². The molecular weight excluding hydrogens is 366 g/mol. The van der Waals surface area contributed by atoms with Gasteiger partial charge in [0.15, 0.2) is 6.61 Å². The lowest BCUT2D eigenvalue weighted by Crippen LogP contribution is -2.26. The molecule has 1 aliphatic carbocycles. The molecule has 0 atom stereocenters. The minimum absolute atomic E-state index is 0.0963. The van der Waals surface area contributed by atoms with Crippen molar-refractivity contribution in [2.45, 2.75) is 59.3 Å². The number of hydrogen-bond acceptors (Lipinski definition) is 6. The summed E-state index contributed by atoms with van der Waals surface area (Å²) in [6, 6.07) is 0. The summed E-state index contributed by atoms with van der Waals surface area (Å²) < 4.78 is 10.3. The number of carbonyl (C=O) groups is 3. The predicted molar refractivity (Wildman–Crippen MR) is 105 cm³/mol. The molecule has 1 saturated carbocycles. The molecule has 0 aliphatic heterocycles. The van der Waals surface area contributed by atoms with Crippen LogP contribution in [-0.2, 0) is 25.5 Å². The Kier molecular flexibility index (Phi) is 8.28. The number of ether oxygens (including phenoxy) is 2. The van der Waals surface area contributed by atoms with Crippen LogP contribution in [-0.4, -0.2) is 31.1 Å². The summed E-state index contributed by atoms with van der Waals surface area (Å²) in [4.78, 5) is 36.6. The molecule has 1 aliphatic rings. The number of esters is 2. The van der Waals surface area contributed by atoms with Gasteiger partial charge in [-0.2, -0.15) is 0 Å². The van der Waals surface area contributed by atoms with Gasteiger partial charge in [0.25, 0.3) is 5.91 Å². The third kappa shape index (κ3) is 6.34. The Bertz CT molecular complexity index is 661. The van der Waals surface area contributed by atoms with Gasteiger partial charge in [-0.25, -0.2) is 4.79 Å². The van der Waals surface area contributed by atoms with Crippen molar-refractivity contribution >= 4 is 34.2 Å². The van der Waals surface area contributed by atoms with Crippen LogP contribution in [0.25, 0.3) is 0 Å². The topological polar surface area (TPSA) is 81.7 Å². The maximum Gasteiger partial charge on any atom is 0.341 e. The van der Waals surface area contributed by atoms with Crippen LogP contribution in [0.4, 0.5) is 5.00 Å². The van der Waals surface area contributed by atoms with Gasteiger partial charge in [-0.3, -0.25) is 9.59 Å². The van der Waals surface area contributed by atoms with Gasteiger partial charge >= 0.3 is 11.9 Å². The molecule has 0 unspecified atom stereocenters. The van der Waals surface area contributed by atoms with Gasteiger partial charge < -0.3 is 14.8 Å². The van der Waals surface area contributed by atoms with E-state index in [1.165, 1.54) is 11.3 Å². The minimum atomic E-state index is -0.442. The number of amides is 1. The van der Waals surface area contributed by atoms with E-state index < -0.39 is 11.9 Å². The van der Waals surface area contributed by atoms with Crippen LogP contribution in [0.5, 0.6) is 0 Å². The molecule has 1 heterocycles. The summed E-state index contributed by atoms with van der Waals surface area (Å²) in [5, 5.41) is 5.02. The van der Waals surface area contributed by atoms with Gasteiger partial charge in [-0.1, -0.05) is 33.1 Å². The molecule has 1 amide bonds. The SMILES string of the molecule is CCOC(=O)c1c(CC(C)C)csc1NC(=O)COC(=O)C1CCCCC1. The van der Waals surface area contributed by atoms with E-state index >= 15 is 0 Å². The quantitative estimate of drug-likeness (QED) is 0.668. The van der Waals surface area contributed by atoms with Crippen molar-refractivity contribution in [1.82, 2.24) is 0 Å². The summed E-state index contributed by atoms with van der Waals surface area (Å²) in [5.41, 5.74) is 1.27. The average Bonchev–Trinajstić information content (AvgIpc) is 3.02. The summed E-state index contributed by atoms with van der Waals surface area (Å²) in [6.07, 6.45) is 5.59. The number of hydrogen-bond donors (Lipinski definition) is 1. The van der Waals surface area contributed by atoms with Crippen LogP contribution < -0.4 is 5.32 Å². The first-order valence-corrected chi connectivity index (χ1v) is 10.5. The number of carbonyl (C=O) groups excluding carboxylic acids is 3. The molecule has 0 aromatic carbocycles. The summed E-state index contributed by atoms with van der Waals surface area (Å²) in [7, 11) is 0. The predicted octanol–water partition coefficient (Wildman–Crippen LogP) is 4.19. The van der Waals surface area contributed by atoms with Gasteiger partial charge in [0.2, 0.25) is 0 Å². The average molecular weight is 396 g/mol. The molecule has 2 rings (SSSR count). The smallest absolute Gasteiger partial charge is 0.341 e. The lowest BCUT2D eigenvalue weighted by Gasteiger charge is -2.19. The van der Waals surface area contributed by atoms with E-state index in [0.717, 1.165) is 44.1 Å². The molecule has 0 radical (unpaired) electrons.